The quantitative estimate of drug-likeness (QED) is 0.414. The summed E-state index contributed by atoms with van der Waals surface area (Å²) in [4.78, 5) is 19.9. The van der Waals surface area contributed by atoms with Gasteiger partial charge in [0, 0.05) is 12.1 Å². The van der Waals surface area contributed by atoms with E-state index in [1.807, 2.05) is 0 Å². The second-order valence-corrected chi connectivity index (χ2v) is 2.26. The molecule has 0 spiro atoms. The Kier molecular flexibility index (Phi) is 4.55. The molecule has 0 bridgehead atoms. The zero-order chi connectivity index (χ0) is 10.0. The van der Waals surface area contributed by atoms with Gasteiger partial charge in [0.25, 0.3) is 5.69 Å². The van der Waals surface area contributed by atoms with E-state index >= 15 is 0 Å². The third-order valence-electron chi connectivity index (χ3n) is 1.42. The minimum absolute atomic E-state index is 0. The number of aromatic carboxylic acids is 1. The predicted octanol–water partition coefficient (Wildman–Crippen LogP) is 0.350. The molecule has 0 heterocycles. The third-order valence-corrected chi connectivity index (χ3v) is 1.42. The van der Waals surface area contributed by atoms with Crippen LogP contribution in [0.25, 0.3) is 0 Å². The van der Waals surface area contributed by atoms with Crippen LogP contribution in [0.4, 0.5) is 5.69 Å². The number of phenols is 1. The predicted molar refractivity (Wildman–Crippen MR) is 48.9 cm³/mol. The molecule has 0 radical (unpaired) electrons. The molecule has 0 aromatic heterocycles. The Morgan fingerprint density at radius 2 is 2.00 bits per heavy atom. The molecule has 0 saturated carbocycles. The van der Waals surface area contributed by atoms with E-state index in [9.17, 15) is 14.9 Å². The SMILES string of the molecule is O=C(O)c1cc([N+](=O)[O-])ccc1O.[NaH]. The van der Waals surface area contributed by atoms with Crippen molar-refractivity contribution in [2.45, 2.75) is 0 Å². The van der Waals surface area contributed by atoms with Crippen molar-refractivity contribution in [2.24, 2.45) is 0 Å². The molecule has 0 unspecified atom stereocenters. The first kappa shape index (κ1) is 12.9. The molecular weight excluding hydrogens is 201 g/mol. The first-order valence-corrected chi connectivity index (χ1v) is 3.23. The van der Waals surface area contributed by atoms with Gasteiger partial charge in [0.1, 0.15) is 11.3 Å². The topological polar surface area (TPSA) is 101 Å². The van der Waals surface area contributed by atoms with Gasteiger partial charge in [0.15, 0.2) is 0 Å². The number of nitro groups is 1. The van der Waals surface area contributed by atoms with Crippen molar-refractivity contribution in [1.82, 2.24) is 0 Å². The standard InChI is InChI=1S/C7H5NO5.Na.H/c9-6-2-1-4(8(12)13)3-5(6)7(10)11;;/h1-3,9H,(H,10,11);;. The van der Waals surface area contributed by atoms with Gasteiger partial charge >= 0.3 is 35.5 Å². The maximum atomic E-state index is 10.4. The van der Waals surface area contributed by atoms with Crippen LogP contribution in [0.2, 0.25) is 0 Å². The van der Waals surface area contributed by atoms with E-state index in [0.717, 1.165) is 18.2 Å². The van der Waals surface area contributed by atoms with Crippen LogP contribution in [0.3, 0.4) is 0 Å². The van der Waals surface area contributed by atoms with Gasteiger partial charge in [-0.15, -0.1) is 0 Å². The molecule has 14 heavy (non-hydrogen) atoms. The van der Waals surface area contributed by atoms with Gasteiger partial charge in [-0.25, -0.2) is 4.79 Å². The molecule has 70 valence electrons. The number of carboxylic acid groups (broad SMARTS) is 1. The van der Waals surface area contributed by atoms with Crippen LogP contribution in [0.5, 0.6) is 5.75 Å². The van der Waals surface area contributed by atoms with Crippen LogP contribution in [0, 0.1) is 10.1 Å². The average Bonchev–Trinajstić information content (AvgIpc) is 2.04. The van der Waals surface area contributed by atoms with Gasteiger partial charge in [0.05, 0.1) is 4.92 Å². The van der Waals surface area contributed by atoms with Crippen molar-refractivity contribution in [1.29, 1.82) is 0 Å². The van der Waals surface area contributed by atoms with Gasteiger partial charge in [-0.2, -0.15) is 0 Å². The Labute approximate surface area is 101 Å². The van der Waals surface area contributed by atoms with Gasteiger partial charge < -0.3 is 10.2 Å². The Morgan fingerprint density at radius 1 is 1.43 bits per heavy atom. The molecule has 0 atom stereocenters. The molecule has 6 nitrogen and oxygen atoms in total. The van der Waals surface area contributed by atoms with E-state index in [1.165, 1.54) is 0 Å². The second-order valence-electron chi connectivity index (χ2n) is 2.26. The first-order valence-electron chi connectivity index (χ1n) is 3.23. The Hall–Kier alpha value is -1.11. The van der Waals surface area contributed by atoms with Crippen molar-refractivity contribution < 1.29 is 19.9 Å². The summed E-state index contributed by atoms with van der Waals surface area (Å²) in [7, 11) is 0. The third kappa shape index (κ3) is 2.69. The first-order chi connectivity index (χ1) is 6.02. The van der Waals surface area contributed by atoms with Crippen LogP contribution < -0.4 is 0 Å². The Bertz CT molecular complexity index is 378. The van der Waals surface area contributed by atoms with Gasteiger partial charge in [-0.3, -0.25) is 10.1 Å². The molecular formula is C7H6NNaO5. The molecule has 1 rings (SSSR count). The number of nitrogens with zero attached hydrogens (tertiary/aromatic N) is 1. The monoisotopic (exact) mass is 207 g/mol. The summed E-state index contributed by atoms with van der Waals surface area (Å²) in [5.74, 6) is -1.89. The van der Waals surface area contributed by atoms with Gasteiger partial charge in [-0.1, -0.05) is 0 Å². The van der Waals surface area contributed by atoms with Crippen molar-refractivity contribution in [2.75, 3.05) is 0 Å². The van der Waals surface area contributed by atoms with Gasteiger partial charge in [0.2, 0.25) is 0 Å². The molecule has 0 aliphatic rings. The van der Waals surface area contributed by atoms with E-state index in [-0.39, 0.29) is 35.2 Å². The number of non-ortho nitro benzene ring substituents is 1. The van der Waals surface area contributed by atoms with Crippen molar-refractivity contribution in [3.05, 3.63) is 33.9 Å². The van der Waals surface area contributed by atoms with Crippen LogP contribution >= 0.6 is 0 Å². The fraction of sp³-hybridized carbons (Fsp3) is 0. The second kappa shape index (κ2) is 4.94. The summed E-state index contributed by atoms with van der Waals surface area (Å²) in [5.41, 5.74) is -0.843. The fourth-order valence-electron chi connectivity index (χ4n) is 0.809. The number of rotatable bonds is 2. The molecule has 1 aromatic carbocycles. The molecule has 7 heteroatoms. The molecule has 0 aliphatic carbocycles. The average molecular weight is 207 g/mol. The Balaban J connectivity index is 0.00000169. The fourth-order valence-corrected chi connectivity index (χ4v) is 0.809. The molecule has 0 amide bonds. The van der Waals surface area contributed by atoms with E-state index in [2.05, 4.69) is 0 Å². The molecule has 2 N–H and O–H groups in total. The van der Waals surface area contributed by atoms with E-state index in [0.29, 0.717) is 0 Å². The van der Waals surface area contributed by atoms with Crippen molar-refractivity contribution in [3.63, 3.8) is 0 Å². The number of aromatic hydroxyl groups is 1. The number of nitro benzene ring substituents is 1. The van der Waals surface area contributed by atoms with Crippen LogP contribution in [-0.2, 0) is 0 Å². The number of hydrogen-bond acceptors (Lipinski definition) is 4. The van der Waals surface area contributed by atoms with E-state index < -0.39 is 22.2 Å². The van der Waals surface area contributed by atoms with E-state index in [4.69, 9.17) is 10.2 Å². The normalized spacial score (nSPS) is 8.86. The maximum absolute atomic E-state index is 10.4. The summed E-state index contributed by atoms with van der Waals surface area (Å²) in [6, 6.07) is 2.81. The van der Waals surface area contributed by atoms with Crippen LogP contribution in [0.15, 0.2) is 18.2 Å². The van der Waals surface area contributed by atoms with Crippen molar-refractivity contribution in [3.8, 4) is 5.75 Å². The van der Waals surface area contributed by atoms with Crippen LogP contribution in [-0.4, -0.2) is 50.7 Å². The summed E-state index contributed by atoms with van der Waals surface area (Å²) < 4.78 is 0. The minimum atomic E-state index is -1.40. The molecule has 0 fully saturated rings. The summed E-state index contributed by atoms with van der Waals surface area (Å²) in [5, 5.41) is 27.7. The van der Waals surface area contributed by atoms with E-state index in [1.54, 1.807) is 0 Å². The molecule has 0 aliphatic heterocycles. The summed E-state index contributed by atoms with van der Waals surface area (Å²) in [6.07, 6.45) is 0. The molecule has 0 saturated heterocycles. The van der Waals surface area contributed by atoms with Crippen molar-refractivity contribution >= 4 is 41.2 Å². The zero-order valence-corrected chi connectivity index (χ0v) is 6.30. The zero-order valence-electron chi connectivity index (χ0n) is 6.30. The summed E-state index contributed by atoms with van der Waals surface area (Å²) in [6.45, 7) is 0. The number of carbonyl (C=O) groups is 1. The number of hydrogen-bond donors (Lipinski definition) is 2. The van der Waals surface area contributed by atoms with Crippen LogP contribution in [0.1, 0.15) is 10.4 Å². The number of carboxylic acids is 1. The van der Waals surface area contributed by atoms with Gasteiger partial charge in [-0.05, 0) is 6.07 Å². The molecule has 1 aromatic rings. The number of benzene rings is 1. The Morgan fingerprint density at radius 3 is 2.43 bits per heavy atom. The summed E-state index contributed by atoms with van der Waals surface area (Å²) >= 11 is 0.